The number of rotatable bonds is 7. The van der Waals surface area contributed by atoms with E-state index in [2.05, 4.69) is 27.8 Å². The number of carbonyl (C=O) groups is 2. The highest BCUT2D eigenvalue weighted by molar-refractivity contribution is 5.88. The molecule has 0 aliphatic heterocycles. The van der Waals surface area contributed by atoms with E-state index in [0.29, 0.717) is 18.0 Å². The van der Waals surface area contributed by atoms with Crippen molar-refractivity contribution < 1.29 is 14.3 Å². The fourth-order valence-corrected chi connectivity index (χ4v) is 2.25. The van der Waals surface area contributed by atoms with Gasteiger partial charge in [-0.25, -0.2) is 4.79 Å². The molecule has 2 aromatic carbocycles. The first-order valence-electron chi connectivity index (χ1n) is 8.65. The molecule has 6 nitrogen and oxygen atoms in total. The predicted octanol–water partition coefficient (Wildman–Crippen LogP) is 2.57. The van der Waals surface area contributed by atoms with Crippen molar-refractivity contribution in [3.63, 3.8) is 0 Å². The molecule has 0 atom stereocenters. The highest BCUT2D eigenvalue weighted by atomic mass is 16.5. The summed E-state index contributed by atoms with van der Waals surface area (Å²) >= 11 is 0. The van der Waals surface area contributed by atoms with E-state index in [-0.39, 0.29) is 25.1 Å². The number of ether oxygens (including phenoxy) is 1. The summed E-state index contributed by atoms with van der Waals surface area (Å²) < 4.78 is 5.50. The number of benzene rings is 2. The average Bonchev–Trinajstić information content (AvgIpc) is 2.65. The summed E-state index contributed by atoms with van der Waals surface area (Å²) in [6, 6.07) is 16.8. The zero-order chi connectivity index (χ0) is 19.3. The van der Waals surface area contributed by atoms with E-state index < -0.39 is 0 Å². The smallest absolute Gasteiger partial charge is 0.315 e. The van der Waals surface area contributed by atoms with Gasteiger partial charge in [-0.1, -0.05) is 48.2 Å². The van der Waals surface area contributed by atoms with Crippen molar-refractivity contribution in [2.45, 2.75) is 13.3 Å². The average molecular weight is 365 g/mol. The molecule has 0 heterocycles. The van der Waals surface area contributed by atoms with Gasteiger partial charge in [-0.3, -0.25) is 4.79 Å². The maximum Gasteiger partial charge on any atom is 0.315 e. The van der Waals surface area contributed by atoms with Crippen LogP contribution in [0.25, 0.3) is 0 Å². The summed E-state index contributed by atoms with van der Waals surface area (Å²) in [5, 5.41) is 8.14. The fraction of sp³-hybridized carbons (Fsp3) is 0.238. The molecule has 0 bridgehead atoms. The SMILES string of the molecule is CC(=O)Nc1cccc(OCC#CCNC(=O)NCCc2ccccc2)c1. The molecule has 6 heteroatoms. The molecule has 140 valence electrons. The molecular weight excluding hydrogens is 342 g/mol. The maximum absolute atomic E-state index is 11.7. The fourth-order valence-electron chi connectivity index (χ4n) is 2.25. The molecule has 0 radical (unpaired) electrons. The van der Waals surface area contributed by atoms with Gasteiger partial charge in [-0.2, -0.15) is 0 Å². The first-order chi connectivity index (χ1) is 13.1. The van der Waals surface area contributed by atoms with Crippen LogP contribution >= 0.6 is 0 Å². The molecule has 0 aliphatic rings. The highest BCUT2D eigenvalue weighted by Crippen LogP contribution is 2.16. The number of urea groups is 1. The summed E-state index contributed by atoms with van der Waals surface area (Å²) in [5.74, 6) is 6.13. The number of nitrogens with one attached hydrogen (secondary N) is 3. The van der Waals surface area contributed by atoms with Gasteiger partial charge in [0.25, 0.3) is 0 Å². The van der Waals surface area contributed by atoms with Crippen molar-refractivity contribution in [2.24, 2.45) is 0 Å². The Kier molecular flexibility index (Phi) is 8.25. The lowest BCUT2D eigenvalue weighted by molar-refractivity contribution is -0.114. The number of amides is 3. The minimum atomic E-state index is -0.246. The zero-order valence-corrected chi connectivity index (χ0v) is 15.2. The van der Waals surface area contributed by atoms with E-state index in [9.17, 15) is 9.59 Å². The van der Waals surface area contributed by atoms with Gasteiger partial charge in [-0.05, 0) is 24.1 Å². The third-order valence-corrected chi connectivity index (χ3v) is 3.47. The van der Waals surface area contributed by atoms with Gasteiger partial charge in [0.15, 0.2) is 0 Å². The number of carbonyl (C=O) groups excluding carboxylic acids is 2. The van der Waals surface area contributed by atoms with Crippen LogP contribution in [0, 0.1) is 11.8 Å². The van der Waals surface area contributed by atoms with Gasteiger partial charge in [0.05, 0.1) is 6.54 Å². The van der Waals surface area contributed by atoms with Gasteiger partial charge in [0.1, 0.15) is 12.4 Å². The molecule has 0 fully saturated rings. The maximum atomic E-state index is 11.7. The Labute approximate surface area is 159 Å². The molecule has 3 N–H and O–H groups in total. The number of anilines is 1. The van der Waals surface area contributed by atoms with Crippen LogP contribution < -0.4 is 20.7 Å². The Balaban J connectivity index is 1.60. The van der Waals surface area contributed by atoms with Gasteiger partial charge in [0, 0.05) is 25.2 Å². The Morgan fingerprint density at radius 1 is 1.00 bits per heavy atom. The van der Waals surface area contributed by atoms with Crippen molar-refractivity contribution in [1.29, 1.82) is 0 Å². The topological polar surface area (TPSA) is 79.5 Å². The van der Waals surface area contributed by atoms with Crippen LogP contribution in [-0.4, -0.2) is 31.6 Å². The minimum absolute atomic E-state index is 0.139. The predicted molar refractivity (Wildman–Crippen MR) is 106 cm³/mol. The largest absolute Gasteiger partial charge is 0.481 e. The van der Waals surface area contributed by atoms with E-state index in [1.807, 2.05) is 30.3 Å². The first kappa shape index (κ1) is 19.9. The lowest BCUT2D eigenvalue weighted by Gasteiger charge is -2.06. The quantitative estimate of drug-likeness (QED) is 0.660. The van der Waals surface area contributed by atoms with Crippen LogP contribution in [0.2, 0.25) is 0 Å². The van der Waals surface area contributed by atoms with E-state index in [1.54, 1.807) is 24.3 Å². The second-order valence-electron chi connectivity index (χ2n) is 5.70. The third kappa shape index (κ3) is 8.45. The molecule has 0 aromatic heterocycles. The second-order valence-corrected chi connectivity index (χ2v) is 5.70. The van der Waals surface area contributed by atoms with Gasteiger partial charge >= 0.3 is 6.03 Å². The van der Waals surface area contributed by atoms with Crippen molar-refractivity contribution in [3.05, 3.63) is 60.2 Å². The minimum Gasteiger partial charge on any atom is -0.481 e. The summed E-state index contributed by atoms with van der Waals surface area (Å²) in [6.07, 6.45) is 0.783. The lowest BCUT2D eigenvalue weighted by Crippen LogP contribution is -2.36. The van der Waals surface area contributed by atoms with E-state index in [1.165, 1.54) is 12.5 Å². The summed E-state index contributed by atoms with van der Waals surface area (Å²) in [6.45, 7) is 2.45. The van der Waals surface area contributed by atoms with Crippen molar-refractivity contribution >= 4 is 17.6 Å². The van der Waals surface area contributed by atoms with Crippen LogP contribution in [0.4, 0.5) is 10.5 Å². The molecular formula is C21H23N3O3. The highest BCUT2D eigenvalue weighted by Gasteiger charge is 1.99. The summed E-state index contributed by atoms with van der Waals surface area (Å²) in [4.78, 5) is 22.7. The Hall–Kier alpha value is -3.46. The summed E-state index contributed by atoms with van der Waals surface area (Å²) in [5.41, 5.74) is 1.85. The van der Waals surface area contributed by atoms with Crippen molar-refractivity contribution in [2.75, 3.05) is 25.0 Å². The molecule has 0 saturated carbocycles. The van der Waals surface area contributed by atoms with E-state index >= 15 is 0 Å². The molecule has 0 unspecified atom stereocenters. The normalized spacial score (nSPS) is 9.52. The van der Waals surface area contributed by atoms with Crippen LogP contribution in [0.5, 0.6) is 5.75 Å². The van der Waals surface area contributed by atoms with Crippen LogP contribution in [-0.2, 0) is 11.2 Å². The Bertz CT molecular complexity index is 810. The molecule has 0 saturated heterocycles. The molecule has 2 aromatic rings. The lowest BCUT2D eigenvalue weighted by atomic mass is 10.1. The third-order valence-electron chi connectivity index (χ3n) is 3.47. The van der Waals surface area contributed by atoms with Gasteiger partial charge in [-0.15, -0.1) is 0 Å². The monoisotopic (exact) mass is 365 g/mol. The standard InChI is InChI=1S/C21H23N3O3/c1-17(25)24-19-10-7-11-20(16-19)27-15-6-5-13-22-21(26)23-14-12-18-8-3-2-4-9-18/h2-4,7-11,16H,12-15H2,1H3,(H,24,25)(H2,22,23,26). The number of hydrogen-bond donors (Lipinski definition) is 3. The van der Waals surface area contributed by atoms with Gasteiger partial charge < -0.3 is 20.7 Å². The van der Waals surface area contributed by atoms with Crippen molar-refractivity contribution in [3.8, 4) is 17.6 Å². The summed E-state index contributed by atoms with van der Waals surface area (Å²) in [7, 11) is 0. The molecule has 0 aliphatic carbocycles. The van der Waals surface area contributed by atoms with Crippen LogP contribution in [0.15, 0.2) is 54.6 Å². The Morgan fingerprint density at radius 2 is 1.81 bits per heavy atom. The molecule has 2 rings (SSSR count). The molecule has 27 heavy (non-hydrogen) atoms. The molecule has 3 amide bonds. The second kappa shape index (κ2) is 11.2. The van der Waals surface area contributed by atoms with Crippen molar-refractivity contribution in [1.82, 2.24) is 10.6 Å². The van der Waals surface area contributed by atoms with E-state index in [4.69, 9.17) is 4.74 Å². The first-order valence-corrected chi connectivity index (χ1v) is 8.65. The molecule has 0 spiro atoms. The van der Waals surface area contributed by atoms with Crippen LogP contribution in [0.3, 0.4) is 0 Å². The van der Waals surface area contributed by atoms with Gasteiger partial charge in [0.2, 0.25) is 5.91 Å². The van der Waals surface area contributed by atoms with Crippen LogP contribution in [0.1, 0.15) is 12.5 Å². The zero-order valence-electron chi connectivity index (χ0n) is 15.2. The Morgan fingerprint density at radius 3 is 2.59 bits per heavy atom. The van der Waals surface area contributed by atoms with E-state index in [0.717, 1.165) is 6.42 Å². The number of hydrogen-bond acceptors (Lipinski definition) is 3.